The van der Waals surface area contributed by atoms with Gasteiger partial charge in [-0.3, -0.25) is 4.79 Å². The summed E-state index contributed by atoms with van der Waals surface area (Å²) >= 11 is 0. The van der Waals surface area contributed by atoms with Gasteiger partial charge in [0.1, 0.15) is 11.6 Å². The lowest BCUT2D eigenvalue weighted by atomic mass is 10.1. The van der Waals surface area contributed by atoms with E-state index in [2.05, 4.69) is 10.3 Å². The average Bonchev–Trinajstić information content (AvgIpc) is 2.45. The van der Waals surface area contributed by atoms with Gasteiger partial charge < -0.3 is 11.1 Å². The molecule has 0 aliphatic heterocycles. The fraction of sp³-hybridized carbons (Fsp3) is 0.250. The molecule has 110 valence electrons. The van der Waals surface area contributed by atoms with E-state index in [0.717, 1.165) is 5.69 Å². The number of carbonyl (C=O) groups is 1. The number of rotatable bonds is 4. The van der Waals surface area contributed by atoms with Gasteiger partial charge in [-0.2, -0.15) is 0 Å². The smallest absolute Gasteiger partial charge is 0.251 e. The number of hydrogen-bond acceptors (Lipinski definition) is 3. The second-order valence-corrected chi connectivity index (χ2v) is 5.13. The lowest BCUT2D eigenvalue weighted by Gasteiger charge is -2.10. The molecule has 3 N–H and O–H groups in total. The summed E-state index contributed by atoms with van der Waals surface area (Å²) in [6, 6.07) is 9.56. The van der Waals surface area contributed by atoms with Crippen LogP contribution in [0.25, 0.3) is 0 Å². The summed E-state index contributed by atoms with van der Waals surface area (Å²) in [4.78, 5) is 16.3. The van der Waals surface area contributed by atoms with E-state index in [1.807, 2.05) is 13.8 Å². The van der Waals surface area contributed by atoms with Gasteiger partial charge >= 0.3 is 0 Å². The molecule has 0 bridgehead atoms. The Labute approximate surface area is 123 Å². The van der Waals surface area contributed by atoms with Crippen LogP contribution in [0.1, 0.15) is 41.4 Å². The van der Waals surface area contributed by atoms with Gasteiger partial charge in [0, 0.05) is 23.4 Å². The van der Waals surface area contributed by atoms with Crippen LogP contribution in [0.2, 0.25) is 0 Å². The molecule has 0 radical (unpaired) electrons. The van der Waals surface area contributed by atoms with Gasteiger partial charge in [0.05, 0.1) is 0 Å². The summed E-state index contributed by atoms with van der Waals surface area (Å²) < 4.78 is 13.5. The van der Waals surface area contributed by atoms with Gasteiger partial charge in [0.2, 0.25) is 0 Å². The zero-order valence-electron chi connectivity index (χ0n) is 12.1. The van der Waals surface area contributed by atoms with Gasteiger partial charge in [-0.25, -0.2) is 9.37 Å². The number of nitrogens with two attached hydrogens (primary N) is 1. The van der Waals surface area contributed by atoms with Gasteiger partial charge in [0.15, 0.2) is 0 Å². The normalized spacial score (nSPS) is 10.7. The van der Waals surface area contributed by atoms with Gasteiger partial charge in [-0.15, -0.1) is 0 Å². The molecule has 0 aliphatic carbocycles. The minimum atomic E-state index is -0.338. The van der Waals surface area contributed by atoms with E-state index in [1.54, 1.807) is 24.3 Å². The summed E-state index contributed by atoms with van der Waals surface area (Å²) in [6.45, 7) is 4.08. The number of halogens is 1. The van der Waals surface area contributed by atoms with Crippen LogP contribution in [0.3, 0.4) is 0 Å². The lowest BCUT2D eigenvalue weighted by Crippen LogP contribution is -2.24. The number of nitrogen functional groups attached to an aromatic ring is 1. The average molecular weight is 287 g/mol. The van der Waals surface area contributed by atoms with Gasteiger partial charge in [0.25, 0.3) is 5.91 Å². The highest BCUT2D eigenvalue weighted by Crippen LogP contribution is 2.16. The third-order valence-corrected chi connectivity index (χ3v) is 3.12. The van der Waals surface area contributed by atoms with Crippen molar-refractivity contribution in [1.82, 2.24) is 10.3 Å². The standard InChI is InChI=1S/C16H18FN3O/c1-10(2)14-7-12(8-15(18)20-14)16(21)19-9-11-5-3-4-6-13(11)17/h3-8,10H,9H2,1-2H3,(H2,18,20)(H,19,21). The minimum absolute atomic E-state index is 0.130. The predicted molar refractivity (Wildman–Crippen MR) is 80.3 cm³/mol. The van der Waals surface area contributed by atoms with Gasteiger partial charge in [-0.1, -0.05) is 32.0 Å². The largest absolute Gasteiger partial charge is 0.384 e. The number of anilines is 1. The number of pyridine rings is 1. The zero-order chi connectivity index (χ0) is 15.4. The molecule has 1 amide bonds. The van der Waals surface area contributed by atoms with Crippen LogP contribution in [0.15, 0.2) is 36.4 Å². The van der Waals surface area contributed by atoms with E-state index in [-0.39, 0.29) is 24.2 Å². The minimum Gasteiger partial charge on any atom is -0.384 e. The van der Waals surface area contributed by atoms with Crippen molar-refractivity contribution < 1.29 is 9.18 Å². The number of hydrogen-bond donors (Lipinski definition) is 2. The Morgan fingerprint density at radius 3 is 2.71 bits per heavy atom. The Balaban J connectivity index is 2.12. The first-order valence-corrected chi connectivity index (χ1v) is 6.76. The predicted octanol–water partition coefficient (Wildman–Crippen LogP) is 2.86. The molecule has 2 aromatic rings. The molecule has 0 spiro atoms. The molecule has 1 aromatic carbocycles. The zero-order valence-corrected chi connectivity index (χ0v) is 12.1. The van der Waals surface area contributed by atoms with Crippen molar-refractivity contribution in [3.63, 3.8) is 0 Å². The van der Waals surface area contributed by atoms with Crippen molar-refractivity contribution in [3.05, 3.63) is 59.0 Å². The van der Waals surface area contributed by atoms with Crippen molar-refractivity contribution in [2.75, 3.05) is 5.73 Å². The maximum Gasteiger partial charge on any atom is 0.251 e. The van der Waals surface area contributed by atoms with E-state index >= 15 is 0 Å². The van der Waals surface area contributed by atoms with E-state index < -0.39 is 0 Å². The maximum absolute atomic E-state index is 13.5. The highest BCUT2D eigenvalue weighted by Gasteiger charge is 2.11. The first kappa shape index (κ1) is 15.0. The number of nitrogens with zero attached hydrogens (tertiary/aromatic N) is 1. The third kappa shape index (κ3) is 3.78. The Morgan fingerprint density at radius 2 is 2.05 bits per heavy atom. The van der Waals surface area contributed by atoms with Crippen molar-refractivity contribution >= 4 is 11.7 Å². The second-order valence-electron chi connectivity index (χ2n) is 5.13. The molecule has 0 saturated carbocycles. The molecule has 0 unspecified atom stereocenters. The van der Waals surface area contributed by atoms with Crippen LogP contribution in [0, 0.1) is 5.82 Å². The first-order valence-electron chi connectivity index (χ1n) is 6.76. The molecule has 0 aliphatic rings. The topological polar surface area (TPSA) is 68.0 Å². The molecule has 0 saturated heterocycles. The molecular formula is C16H18FN3O. The summed E-state index contributed by atoms with van der Waals surface area (Å²) in [5.74, 6) is -0.159. The molecule has 0 fully saturated rings. The summed E-state index contributed by atoms with van der Waals surface area (Å²) in [5.41, 5.74) is 7.35. The Morgan fingerprint density at radius 1 is 1.33 bits per heavy atom. The highest BCUT2D eigenvalue weighted by atomic mass is 19.1. The number of nitrogens with one attached hydrogen (secondary N) is 1. The molecule has 0 atom stereocenters. The molecule has 21 heavy (non-hydrogen) atoms. The summed E-state index contributed by atoms with van der Waals surface area (Å²) in [5, 5.41) is 2.69. The van der Waals surface area contributed by atoms with Crippen LogP contribution in [-0.2, 0) is 6.54 Å². The Bertz CT molecular complexity index is 656. The number of amides is 1. The first-order chi connectivity index (χ1) is 9.97. The quantitative estimate of drug-likeness (QED) is 0.908. The molecule has 4 nitrogen and oxygen atoms in total. The van der Waals surface area contributed by atoms with Crippen LogP contribution in [0.4, 0.5) is 10.2 Å². The monoisotopic (exact) mass is 287 g/mol. The van der Waals surface area contributed by atoms with Crippen molar-refractivity contribution in [3.8, 4) is 0 Å². The van der Waals surface area contributed by atoms with Gasteiger partial charge in [-0.05, 0) is 24.1 Å². The third-order valence-electron chi connectivity index (χ3n) is 3.12. The fourth-order valence-electron chi connectivity index (χ4n) is 1.92. The van der Waals surface area contributed by atoms with Crippen molar-refractivity contribution in [2.45, 2.75) is 26.3 Å². The lowest BCUT2D eigenvalue weighted by molar-refractivity contribution is 0.0950. The maximum atomic E-state index is 13.5. The molecule has 1 heterocycles. The van der Waals surface area contributed by atoms with Crippen LogP contribution in [-0.4, -0.2) is 10.9 Å². The van der Waals surface area contributed by atoms with Crippen LogP contribution in [0.5, 0.6) is 0 Å². The van der Waals surface area contributed by atoms with E-state index in [4.69, 9.17) is 5.73 Å². The van der Waals surface area contributed by atoms with Crippen LogP contribution < -0.4 is 11.1 Å². The number of benzene rings is 1. The summed E-state index contributed by atoms with van der Waals surface area (Å²) in [6.07, 6.45) is 0. The van der Waals surface area contributed by atoms with Crippen molar-refractivity contribution in [2.24, 2.45) is 0 Å². The Hall–Kier alpha value is -2.43. The highest BCUT2D eigenvalue weighted by molar-refractivity contribution is 5.94. The molecule has 5 heteroatoms. The van der Waals surface area contributed by atoms with E-state index in [9.17, 15) is 9.18 Å². The molecule has 1 aromatic heterocycles. The van der Waals surface area contributed by atoms with E-state index in [0.29, 0.717) is 16.9 Å². The Kier molecular flexibility index (Phi) is 4.52. The summed E-state index contributed by atoms with van der Waals surface area (Å²) in [7, 11) is 0. The number of aromatic nitrogens is 1. The van der Waals surface area contributed by atoms with E-state index in [1.165, 1.54) is 12.1 Å². The second kappa shape index (κ2) is 6.35. The van der Waals surface area contributed by atoms with Crippen LogP contribution >= 0.6 is 0 Å². The fourth-order valence-corrected chi connectivity index (χ4v) is 1.92. The van der Waals surface area contributed by atoms with Crippen molar-refractivity contribution in [1.29, 1.82) is 0 Å². The molecular weight excluding hydrogens is 269 g/mol. The molecule has 2 rings (SSSR count). The number of carbonyl (C=O) groups excluding carboxylic acids is 1. The SMILES string of the molecule is CC(C)c1cc(C(=O)NCc2ccccc2F)cc(N)n1.